The second-order valence-corrected chi connectivity index (χ2v) is 9.29. The standard InChI is InChI=1S/C23H34N4O2/c24-21(28)23(10-11-23)22(29)27(15-18-6-4-12-25-14-18)17-19-7-5-13-26(16-19)20-8-2-1-3-9-20/h4,6,12,14,19-20H,1-3,5,7-11,13,15-17H2,(H2,24,28). The minimum Gasteiger partial charge on any atom is -0.369 e. The first-order valence-corrected chi connectivity index (χ1v) is 11.3. The van der Waals surface area contributed by atoms with Gasteiger partial charge in [0.25, 0.3) is 0 Å². The number of carbonyl (C=O) groups is 2. The highest BCUT2D eigenvalue weighted by molar-refractivity contribution is 6.07. The second-order valence-electron chi connectivity index (χ2n) is 9.29. The zero-order valence-electron chi connectivity index (χ0n) is 17.4. The van der Waals surface area contributed by atoms with Crippen LogP contribution in [0.3, 0.4) is 0 Å². The van der Waals surface area contributed by atoms with Crippen molar-refractivity contribution in [3.8, 4) is 0 Å². The van der Waals surface area contributed by atoms with Gasteiger partial charge in [0, 0.05) is 38.1 Å². The molecule has 6 nitrogen and oxygen atoms in total. The molecule has 1 unspecified atom stereocenters. The predicted octanol–water partition coefficient (Wildman–Crippen LogP) is 2.72. The molecule has 2 saturated carbocycles. The van der Waals surface area contributed by atoms with E-state index >= 15 is 0 Å². The molecule has 1 saturated heterocycles. The molecule has 158 valence electrons. The Labute approximate surface area is 173 Å². The molecule has 0 spiro atoms. The van der Waals surface area contributed by atoms with Gasteiger partial charge in [-0.25, -0.2) is 0 Å². The maximum absolute atomic E-state index is 13.3. The molecule has 1 aromatic heterocycles. The van der Waals surface area contributed by atoms with Gasteiger partial charge in [0.15, 0.2) is 0 Å². The lowest BCUT2D eigenvalue weighted by atomic mass is 9.89. The lowest BCUT2D eigenvalue weighted by Gasteiger charge is -2.41. The van der Waals surface area contributed by atoms with Crippen LogP contribution in [0.5, 0.6) is 0 Å². The number of aromatic nitrogens is 1. The molecule has 2 aliphatic carbocycles. The Balaban J connectivity index is 1.45. The van der Waals surface area contributed by atoms with Crippen LogP contribution in [0, 0.1) is 11.3 Å². The van der Waals surface area contributed by atoms with E-state index in [1.807, 2.05) is 17.0 Å². The molecule has 3 aliphatic rings. The first-order chi connectivity index (χ1) is 14.1. The Kier molecular flexibility index (Phi) is 6.18. The molecule has 6 heteroatoms. The zero-order valence-corrected chi connectivity index (χ0v) is 17.4. The van der Waals surface area contributed by atoms with Crippen molar-refractivity contribution in [3.05, 3.63) is 30.1 Å². The summed E-state index contributed by atoms with van der Waals surface area (Å²) in [6.07, 6.45) is 13.7. The van der Waals surface area contributed by atoms with Gasteiger partial charge in [-0.05, 0) is 62.6 Å². The number of hydrogen-bond acceptors (Lipinski definition) is 4. The minimum absolute atomic E-state index is 0.0800. The van der Waals surface area contributed by atoms with Crippen LogP contribution in [0.15, 0.2) is 24.5 Å². The summed E-state index contributed by atoms with van der Waals surface area (Å²) in [7, 11) is 0. The lowest BCUT2D eigenvalue weighted by Crippen LogP contribution is -2.49. The van der Waals surface area contributed by atoms with Gasteiger partial charge in [0.1, 0.15) is 5.41 Å². The van der Waals surface area contributed by atoms with Crippen LogP contribution in [0.2, 0.25) is 0 Å². The van der Waals surface area contributed by atoms with Crippen LogP contribution in [0.25, 0.3) is 0 Å². The Bertz CT molecular complexity index is 713. The summed E-state index contributed by atoms with van der Waals surface area (Å²) in [6.45, 7) is 3.45. The quantitative estimate of drug-likeness (QED) is 0.716. The largest absolute Gasteiger partial charge is 0.369 e. The molecule has 1 atom stereocenters. The van der Waals surface area contributed by atoms with E-state index in [2.05, 4.69) is 9.88 Å². The highest BCUT2D eigenvalue weighted by atomic mass is 16.2. The van der Waals surface area contributed by atoms with Crippen LogP contribution in [0.4, 0.5) is 0 Å². The SMILES string of the molecule is NC(=O)C1(C(=O)N(Cc2cccnc2)CC2CCCN(C3CCCCC3)C2)CC1. The van der Waals surface area contributed by atoms with E-state index < -0.39 is 11.3 Å². The van der Waals surface area contributed by atoms with E-state index in [1.54, 1.807) is 12.4 Å². The van der Waals surface area contributed by atoms with E-state index in [-0.39, 0.29) is 5.91 Å². The number of amides is 2. The van der Waals surface area contributed by atoms with Gasteiger partial charge < -0.3 is 15.5 Å². The molecule has 2 amide bonds. The first-order valence-electron chi connectivity index (χ1n) is 11.3. The van der Waals surface area contributed by atoms with E-state index in [1.165, 1.54) is 45.1 Å². The third-order valence-electron chi connectivity index (χ3n) is 7.13. The van der Waals surface area contributed by atoms with Crippen LogP contribution in [-0.4, -0.2) is 52.3 Å². The summed E-state index contributed by atoms with van der Waals surface area (Å²) in [5, 5.41) is 0. The van der Waals surface area contributed by atoms with Crippen LogP contribution >= 0.6 is 0 Å². The van der Waals surface area contributed by atoms with Gasteiger partial charge in [0.05, 0.1) is 0 Å². The number of nitrogens with zero attached hydrogens (tertiary/aromatic N) is 3. The van der Waals surface area contributed by atoms with Crippen molar-refractivity contribution in [2.24, 2.45) is 17.1 Å². The molecule has 2 N–H and O–H groups in total. The normalized spacial score (nSPS) is 24.8. The summed E-state index contributed by atoms with van der Waals surface area (Å²) < 4.78 is 0. The number of carbonyl (C=O) groups excluding carboxylic acids is 2. The number of likely N-dealkylation sites (tertiary alicyclic amines) is 1. The number of hydrogen-bond donors (Lipinski definition) is 1. The van der Waals surface area contributed by atoms with Crippen molar-refractivity contribution in [1.29, 1.82) is 0 Å². The molecule has 29 heavy (non-hydrogen) atoms. The van der Waals surface area contributed by atoms with Crippen LogP contribution in [0.1, 0.15) is 63.4 Å². The number of piperidine rings is 1. The molecule has 2 heterocycles. The highest BCUT2D eigenvalue weighted by Crippen LogP contribution is 2.47. The Morgan fingerprint density at radius 2 is 1.97 bits per heavy atom. The molecule has 4 rings (SSSR count). The summed E-state index contributed by atoms with van der Waals surface area (Å²) in [6, 6.07) is 4.60. The van der Waals surface area contributed by atoms with E-state index in [0.717, 1.165) is 24.6 Å². The molecule has 0 aromatic carbocycles. The Hall–Kier alpha value is -1.95. The molecule has 3 fully saturated rings. The number of rotatable bonds is 7. The monoisotopic (exact) mass is 398 g/mol. The zero-order chi connectivity index (χ0) is 20.3. The average Bonchev–Trinajstić information content (AvgIpc) is 3.57. The van der Waals surface area contributed by atoms with E-state index in [9.17, 15) is 9.59 Å². The van der Waals surface area contributed by atoms with Gasteiger partial charge >= 0.3 is 0 Å². The lowest BCUT2D eigenvalue weighted by molar-refractivity contribution is -0.144. The fourth-order valence-corrected chi connectivity index (χ4v) is 5.26. The van der Waals surface area contributed by atoms with Gasteiger partial charge in [-0.2, -0.15) is 0 Å². The topological polar surface area (TPSA) is 79.5 Å². The first kappa shape index (κ1) is 20.3. The third kappa shape index (κ3) is 4.63. The number of nitrogens with two attached hydrogens (primary N) is 1. The van der Waals surface area contributed by atoms with Gasteiger partial charge in [-0.3, -0.25) is 14.6 Å². The van der Waals surface area contributed by atoms with Crippen molar-refractivity contribution in [2.75, 3.05) is 19.6 Å². The summed E-state index contributed by atoms with van der Waals surface area (Å²) >= 11 is 0. The fourth-order valence-electron chi connectivity index (χ4n) is 5.26. The van der Waals surface area contributed by atoms with Crippen LogP contribution in [-0.2, 0) is 16.1 Å². The molecular formula is C23H34N4O2. The molecule has 0 radical (unpaired) electrons. The molecule has 0 bridgehead atoms. The van der Waals surface area contributed by atoms with Crippen LogP contribution < -0.4 is 5.73 Å². The van der Waals surface area contributed by atoms with E-state index in [0.29, 0.717) is 31.8 Å². The maximum Gasteiger partial charge on any atom is 0.238 e. The summed E-state index contributed by atoms with van der Waals surface area (Å²) in [5.74, 6) is -0.0928. The second kappa shape index (κ2) is 8.82. The van der Waals surface area contributed by atoms with E-state index in [4.69, 9.17) is 5.73 Å². The fraction of sp³-hybridized carbons (Fsp3) is 0.696. The highest BCUT2D eigenvalue weighted by Gasteiger charge is 2.57. The summed E-state index contributed by atoms with van der Waals surface area (Å²) in [4.78, 5) is 34.1. The van der Waals surface area contributed by atoms with Crippen molar-refractivity contribution in [2.45, 2.75) is 70.4 Å². The van der Waals surface area contributed by atoms with Crippen molar-refractivity contribution in [1.82, 2.24) is 14.8 Å². The third-order valence-corrected chi connectivity index (χ3v) is 7.13. The minimum atomic E-state index is -0.958. The van der Waals surface area contributed by atoms with Gasteiger partial charge in [-0.15, -0.1) is 0 Å². The summed E-state index contributed by atoms with van der Waals surface area (Å²) in [5.41, 5.74) is 5.65. The smallest absolute Gasteiger partial charge is 0.238 e. The molecule has 1 aliphatic heterocycles. The molecule has 1 aromatic rings. The number of pyridine rings is 1. The molecular weight excluding hydrogens is 364 g/mol. The predicted molar refractivity (Wildman–Crippen MR) is 112 cm³/mol. The maximum atomic E-state index is 13.3. The Morgan fingerprint density at radius 3 is 2.62 bits per heavy atom. The van der Waals surface area contributed by atoms with Crippen molar-refractivity contribution >= 4 is 11.8 Å². The van der Waals surface area contributed by atoms with Gasteiger partial charge in [-0.1, -0.05) is 25.3 Å². The Morgan fingerprint density at radius 1 is 1.17 bits per heavy atom. The average molecular weight is 399 g/mol. The van der Waals surface area contributed by atoms with Crippen molar-refractivity contribution < 1.29 is 9.59 Å². The van der Waals surface area contributed by atoms with Crippen molar-refractivity contribution in [3.63, 3.8) is 0 Å². The number of primary amides is 1. The van der Waals surface area contributed by atoms with Gasteiger partial charge in [0.2, 0.25) is 11.8 Å².